The van der Waals surface area contributed by atoms with Crippen LogP contribution in [-0.2, 0) is 22.4 Å². The van der Waals surface area contributed by atoms with Crippen LogP contribution in [0.5, 0.6) is 0 Å². The third kappa shape index (κ3) is 7.03. The molecule has 1 aromatic heterocycles. The van der Waals surface area contributed by atoms with Crippen LogP contribution in [0.3, 0.4) is 0 Å². The number of fused-ring (bicyclic) bond motifs is 1. The molecule has 2 unspecified atom stereocenters. The van der Waals surface area contributed by atoms with Crippen molar-refractivity contribution in [3.8, 4) is 6.07 Å². The number of amides is 2. The van der Waals surface area contributed by atoms with Gasteiger partial charge < -0.3 is 10.6 Å². The van der Waals surface area contributed by atoms with Crippen molar-refractivity contribution in [1.29, 1.82) is 5.26 Å². The number of hydrogen-bond acceptors (Lipinski definition) is 5. The molecule has 5 nitrogen and oxygen atoms in total. The zero-order valence-corrected chi connectivity index (χ0v) is 23.4. The number of thiophene rings is 1. The first-order valence-electron chi connectivity index (χ1n) is 12.6. The van der Waals surface area contributed by atoms with Crippen molar-refractivity contribution >= 4 is 45.6 Å². The Morgan fingerprint density at radius 3 is 2.59 bits per heavy atom. The molecule has 3 aromatic rings. The topological polar surface area (TPSA) is 82.0 Å². The summed E-state index contributed by atoms with van der Waals surface area (Å²) in [5.41, 5.74) is 3.66. The zero-order valence-electron chi connectivity index (χ0n) is 21.8. The van der Waals surface area contributed by atoms with Crippen LogP contribution in [0.25, 0.3) is 0 Å². The van der Waals surface area contributed by atoms with Crippen molar-refractivity contribution in [3.63, 3.8) is 0 Å². The Balaban J connectivity index is 1.41. The van der Waals surface area contributed by atoms with E-state index >= 15 is 0 Å². The molecule has 0 aliphatic heterocycles. The van der Waals surface area contributed by atoms with Crippen LogP contribution in [0.15, 0.2) is 59.5 Å². The van der Waals surface area contributed by atoms with Gasteiger partial charge >= 0.3 is 0 Å². The van der Waals surface area contributed by atoms with Crippen molar-refractivity contribution in [2.24, 2.45) is 5.41 Å². The number of carbonyl (C=O) groups is 2. The van der Waals surface area contributed by atoms with E-state index in [2.05, 4.69) is 41.0 Å². The van der Waals surface area contributed by atoms with Crippen LogP contribution in [0.2, 0.25) is 0 Å². The number of nitriles is 1. The van der Waals surface area contributed by atoms with E-state index < -0.39 is 0 Å². The van der Waals surface area contributed by atoms with Crippen LogP contribution in [0.4, 0.5) is 10.7 Å². The highest BCUT2D eigenvalue weighted by Crippen LogP contribution is 2.42. The van der Waals surface area contributed by atoms with E-state index in [0.29, 0.717) is 22.9 Å². The molecule has 0 saturated heterocycles. The van der Waals surface area contributed by atoms with Crippen molar-refractivity contribution < 1.29 is 9.59 Å². The molecule has 1 aliphatic rings. The van der Waals surface area contributed by atoms with E-state index in [-0.39, 0.29) is 22.5 Å². The van der Waals surface area contributed by atoms with Crippen LogP contribution in [0, 0.1) is 16.7 Å². The second-order valence-electron chi connectivity index (χ2n) is 10.7. The van der Waals surface area contributed by atoms with Gasteiger partial charge in [0.2, 0.25) is 11.8 Å². The van der Waals surface area contributed by atoms with Gasteiger partial charge in [-0.3, -0.25) is 9.59 Å². The minimum Gasteiger partial charge on any atom is -0.326 e. The molecule has 2 aromatic carbocycles. The summed E-state index contributed by atoms with van der Waals surface area (Å²) < 4.78 is 0. The molecule has 2 amide bonds. The van der Waals surface area contributed by atoms with Gasteiger partial charge in [-0.25, -0.2) is 0 Å². The van der Waals surface area contributed by atoms with Gasteiger partial charge in [0.15, 0.2) is 0 Å². The summed E-state index contributed by atoms with van der Waals surface area (Å²) >= 11 is 2.97. The Morgan fingerprint density at radius 1 is 1.14 bits per heavy atom. The first-order valence-corrected chi connectivity index (χ1v) is 14.3. The first-order chi connectivity index (χ1) is 17.6. The van der Waals surface area contributed by atoms with Gasteiger partial charge in [-0.2, -0.15) is 5.26 Å². The highest BCUT2D eigenvalue weighted by molar-refractivity contribution is 8.00. The first kappa shape index (κ1) is 27.0. The number of rotatable bonds is 7. The largest absolute Gasteiger partial charge is 0.326 e. The molecule has 0 fully saturated rings. The second-order valence-corrected chi connectivity index (χ2v) is 13.3. The molecule has 0 saturated carbocycles. The van der Waals surface area contributed by atoms with Gasteiger partial charge in [0.1, 0.15) is 11.1 Å². The molecule has 0 spiro atoms. The van der Waals surface area contributed by atoms with E-state index in [1.807, 2.05) is 58.0 Å². The SMILES string of the molecule is CC(Sc1cccc(NC(=O)CC(C)(C)C)c1)C(=O)Nc1sc2c(c1C#N)CCC(c1ccccc1)C2. The molecular weight excluding hydrogens is 498 g/mol. The molecule has 1 aliphatic carbocycles. The van der Waals surface area contributed by atoms with Gasteiger partial charge in [0.25, 0.3) is 0 Å². The van der Waals surface area contributed by atoms with E-state index in [9.17, 15) is 14.9 Å². The molecule has 2 atom stereocenters. The number of thioether (sulfide) groups is 1. The Labute approximate surface area is 227 Å². The summed E-state index contributed by atoms with van der Waals surface area (Å²) in [6.07, 6.45) is 3.18. The minimum atomic E-state index is -0.372. The highest BCUT2D eigenvalue weighted by Gasteiger charge is 2.28. The molecule has 0 radical (unpaired) electrons. The maximum atomic E-state index is 13.1. The number of nitrogens with one attached hydrogen (secondary N) is 2. The van der Waals surface area contributed by atoms with Crippen molar-refractivity contribution in [3.05, 3.63) is 76.2 Å². The Bertz CT molecular complexity index is 1320. The zero-order chi connectivity index (χ0) is 26.6. The third-order valence-electron chi connectivity index (χ3n) is 6.38. The van der Waals surface area contributed by atoms with Crippen LogP contribution < -0.4 is 10.6 Å². The van der Waals surface area contributed by atoms with E-state index in [1.165, 1.54) is 33.5 Å². The van der Waals surface area contributed by atoms with Crippen LogP contribution in [0.1, 0.15) is 68.0 Å². The number of anilines is 2. The molecule has 2 N–H and O–H groups in total. The fourth-order valence-electron chi connectivity index (χ4n) is 4.61. The summed E-state index contributed by atoms with van der Waals surface area (Å²) in [7, 11) is 0. The number of benzene rings is 2. The molecular formula is C30H33N3O2S2. The maximum Gasteiger partial charge on any atom is 0.238 e. The average molecular weight is 532 g/mol. The third-order valence-corrected chi connectivity index (χ3v) is 8.64. The van der Waals surface area contributed by atoms with Crippen molar-refractivity contribution in [1.82, 2.24) is 0 Å². The quantitative estimate of drug-likeness (QED) is 0.312. The monoisotopic (exact) mass is 531 g/mol. The van der Waals surface area contributed by atoms with E-state index in [1.54, 1.807) is 0 Å². The predicted molar refractivity (Wildman–Crippen MR) is 153 cm³/mol. The summed E-state index contributed by atoms with van der Waals surface area (Å²) in [4.78, 5) is 27.5. The van der Waals surface area contributed by atoms with Gasteiger partial charge in [-0.1, -0.05) is 57.2 Å². The lowest BCUT2D eigenvalue weighted by atomic mass is 9.83. The molecule has 0 bridgehead atoms. The maximum absolute atomic E-state index is 13.1. The lowest BCUT2D eigenvalue weighted by Crippen LogP contribution is -2.22. The Kier molecular flexibility index (Phi) is 8.41. The predicted octanol–water partition coefficient (Wildman–Crippen LogP) is 7.39. The smallest absolute Gasteiger partial charge is 0.238 e. The van der Waals surface area contributed by atoms with Crippen LogP contribution >= 0.6 is 23.1 Å². The Hall–Kier alpha value is -3.08. The van der Waals surface area contributed by atoms with Gasteiger partial charge in [0, 0.05) is 21.9 Å². The minimum absolute atomic E-state index is 0.0272. The fourth-order valence-corrected chi connectivity index (χ4v) is 6.81. The average Bonchev–Trinajstić information content (AvgIpc) is 3.19. The van der Waals surface area contributed by atoms with Crippen molar-refractivity contribution in [2.45, 2.75) is 69.4 Å². The number of carbonyl (C=O) groups excluding carboxylic acids is 2. The van der Waals surface area contributed by atoms with Gasteiger partial charge in [-0.05, 0) is 66.8 Å². The van der Waals surface area contributed by atoms with Gasteiger partial charge in [-0.15, -0.1) is 23.1 Å². The number of hydrogen-bond donors (Lipinski definition) is 2. The van der Waals surface area contributed by atoms with E-state index in [4.69, 9.17) is 0 Å². The Morgan fingerprint density at radius 2 is 1.89 bits per heavy atom. The summed E-state index contributed by atoms with van der Waals surface area (Å²) in [5, 5.41) is 16.1. The van der Waals surface area contributed by atoms with E-state index in [0.717, 1.165) is 35.4 Å². The lowest BCUT2D eigenvalue weighted by molar-refractivity contribution is -0.118. The van der Waals surface area contributed by atoms with Crippen LogP contribution in [-0.4, -0.2) is 17.1 Å². The molecule has 37 heavy (non-hydrogen) atoms. The second kappa shape index (κ2) is 11.5. The highest BCUT2D eigenvalue weighted by atomic mass is 32.2. The summed E-state index contributed by atoms with van der Waals surface area (Å²) in [6, 6.07) is 20.4. The summed E-state index contributed by atoms with van der Waals surface area (Å²) in [5.74, 6) is 0.274. The lowest BCUT2D eigenvalue weighted by Gasteiger charge is -2.22. The molecule has 4 rings (SSSR count). The molecule has 1 heterocycles. The standard InChI is InChI=1S/C30H33N3O2S2/c1-19(36-23-12-8-11-22(16-23)32-27(34)17-30(2,3)4)28(35)33-29-25(18-31)24-14-13-21(15-26(24)37-29)20-9-6-5-7-10-20/h5-12,16,19,21H,13-15,17H2,1-4H3,(H,32,34)(H,33,35). The summed E-state index contributed by atoms with van der Waals surface area (Å²) in [6.45, 7) is 7.95. The fraction of sp³-hybridized carbons (Fsp3) is 0.367. The molecule has 7 heteroatoms. The number of nitrogens with zero attached hydrogens (tertiary/aromatic N) is 1. The van der Waals surface area contributed by atoms with Gasteiger partial charge in [0.05, 0.1) is 10.8 Å². The molecule has 192 valence electrons. The normalized spacial score (nSPS) is 15.8. The van der Waals surface area contributed by atoms with Crippen molar-refractivity contribution in [2.75, 3.05) is 10.6 Å².